The Morgan fingerprint density at radius 2 is 1.86 bits per heavy atom. The lowest BCUT2D eigenvalue weighted by molar-refractivity contribution is 0.415. The Labute approximate surface area is 130 Å². The normalized spacial score (nSPS) is 11.2. The van der Waals surface area contributed by atoms with Gasteiger partial charge >= 0.3 is 0 Å². The zero-order valence-corrected chi connectivity index (χ0v) is 13.3. The van der Waals surface area contributed by atoms with Crippen molar-refractivity contribution in [3.63, 3.8) is 0 Å². The third-order valence-corrected chi connectivity index (χ3v) is 4.77. The second-order valence-corrected chi connectivity index (χ2v) is 6.64. The summed E-state index contributed by atoms with van der Waals surface area (Å²) in [4.78, 5) is -0.515. The smallest absolute Gasteiger partial charge is 0.264 e. The van der Waals surface area contributed by atoms with Crippen LogP contribution in [-0.4, -0.2) is 15.5 Å². The van der Waals surface area contributed by atoms with Gasteiger partial charge in [0, 0.05) is 15.8 Å². The Hall–Kier alpha value is -1.80. The highest BCUT2D eigenvalue weighted by Crippen LogP contribution is 2.27. The summed E-state index contributed by atoms with van der Waals surface area (Å²) in [5.74, 6) is -0.311. The first-order chi connectivity index (χ1) is 9.83. The molecule has 21 heavy (non-hydrogen) atoms. The van der Waals surface area contributed by atoms with Gasteiger partial charge in [0.2, 0.25) is 0 Å². The van der Waals surface area contributed by atoms with E-state index in [4.69, 9.17) is 10.5 Å². The summed E-state index contributed by atoms with van der Waals surface area (Å²) in [6.07, 6.45) is 0. The minimum absolute atomic E-state index is 0.131. The molecule has 0 spiro atoms. The van der Waals surface area contributed by atoms with Gasteiger partial charge in [-0.1, -0.05) is 0 Å². The molecule has 0 saturated carbocycles. The number of hydrogen-bond donors (Lipinski definition) is 2. The van der Waals surface area contributed by atoms with E-state index in [1.807, 2.05) is 0 Å². The Kier molecular flexibility index (Phi) is 4.38. The molecule has 5 nitrogen and oxygen atoms in total. The molecule has 0 bridgehead atoms. The first kappa shape index (κ1) is 15.6. The molecule has 0 aliphatic heterocycles. The van der Waals surface area contributed by atoms with Crippen LogP contribution >= 0.6 is 15.9 Å². The van der Waals surface area contributed by atoms with Gasteiger partial charge in [-0.25, -0.2) is 12.8 Å². The van der Waals surface area contributed by atoms with Crippen molar-refractivity contribution >= 4 is 37.3 Å². The minimum Gasteiger partial charge on any atom is -0.497 e. The fourth-order valence-electron chi connectivity index (χ4n) is 1.62. The molecule has 0 amide bonds. The van der Waals surface area contributed by atoms with Crippen LogP contribution in [0.2, 0.25) is 0 Å². The van der Waals surface area contributed by atoms with Crippen LogP contribution in [0.4, 0.5) is 15.8 Å². The van der Waals surface area contributed by atoms with Gasteiger partial charge in [0.05, 0.1) is 7.11 Å². The van der Waals surface area contributed by atoms with Crippen LogP contribution in [0.25, 0.3) is 0 Å². The second-order valence-electron chi connectivity index (χ2n) is 4.14. The zero-order valence-electron chi connectivity index (χ0n) is 10.9. The predicted molar refractivity (Wildman–Crippen MR) is 82.3 cm³/mol. The van der Waals surface area contributed by atoms with Gasteiger partial charge in [-0.3, -0.25) is 4.72 Å². The number of benzene rings is 2. The number of rotatable bonds is 4. The first-order valence-electron chi connectivity index (χ1n) is 5.75. The van der Waals surface area contributed by atoms with Crippen LogP contribution in [0.1, 0.15) is 0 Å². The summed E-state index contributed by atoms with van der Waals surface area (Å²) in [5, 5.41) is 0. The van der Waals surface area contributed by atoms with Gasteiger partial charge in [-0.15, -0.1) is 0 Å². The average Bonchev–Trinajstić information content (AvgIpc) is 2.43. The number of methoxy groups -OCH3 is 1. The Balaban J connectivity index is 2.35. The molecule has 2 rings (SSSR count). The van der Waals surface area contributed by atoms with Crippen LogP contribution in [0.5, 0.6) is 5.75 Å². The summed E-state index contributed by atoms with van der Waals surface area (Å²) >= 11 is 3.04. The van der Waals surface area contributed by atoms with Crippen LogP contribution in [0.15, 0.2) is 45.8 Å². The molecule has 0 radical (unpaired) electrons. The Morgan fingerprint density at radius 1 is 1.24 bits per heavy atom. The van der Waals surface area contributed by atoms with Gasteiger partial charge in [0.15, 0.2) is 0 Å². The summed E-state index contributed by atoms with van der Waals surface area (Å²) in [7, 11) is -2.57. The van der Waals surface area contributed by atoms with Crippen molar-refractivity contribution in [3.8, 4) is 5.75 Å². The Bertz CT molecular complexity index is 764. The number of nitrogen functional groups attached to an aromatic ring is 1. The van der Waals surface area contributed by atoms with Gasteiger partial charge in [-0.2, -0.15) is 0 Å². The summed E-state index contributed by atoms with van der Waals surface area (Å²) in [6, 6.07) is 8.27. The standard InChI is InChI=1S/C13H12BrFN2O3S/c1-20-9-4-2-8(3-5-9)17-21(18,19)13-7-12(16)10(14)6-11(13)15/h2-7,17H,16H2,1H3. The highest BCUT2D eigenvalue weighted by Gasteiger charge is 2.20. The number of hydrogen-bond acceptors (Lipinski definition) is 4. The van der Waals surface area contributed by atoms with Gasteiger partial charge in [0.25, 0.3) is 10.0 Å². The number of nitrogens with two attached hydrogens (primary N) is 1. The maximum Gasteiger partial charge on any atom is 0.264 e. The molecular weight excluding hydrogens is 363 g/mol. The largest absolute Gasteiger partial charge is 0.497 e. The molecule has 0 aliphatic rings. The van der Waals surface area contributed by atoms with Crippen molar-refractivity contribution < 1.29 is 17.5 Å². The third-order valence-electron chi connectivity index (χ3n) is 2.68. The van der Waals surface area contributed by atoms with Crippen LogP contribution in [0, 0.1) is 5.82 Å². The number of nitrogens with one attached hydrogen (secondary N) is 1. The summed E-state index contributed by atoms with van der Waals surface area (Å²) < 4.78 is 45.7. The second kappa shape index (κ2) is 5.90. The topological polar surface area (TPSA) is 81.4 Å². The molecule has 0 fully saturated rings. The number of halogens is 2. The number of ether oxygens (including phenoxy) is 1. The van der Waals surface area contributed by atoms with Crippen molar-refractivity contribution in [1.29, 1.82) is 0 Å². The van der Waals surface area contributed by atoms with Gasteiger partial charge < -0.3 is 10.5 Å². The lowest BCUT2D eigenvalue weighted by Gasteiger charge is -2.10. The van der Waals surface area contributed by atoms with Crippen molar-refractivity contribution in [2.75, 3.05) is 17.6 Å². The molecule has 3 N–H and O–H groups in total. The van der Waals surface area contributed by atoms with E-state index in [2.05, 4.69) is 20.7 Å². The molecular formula is C13H12BrFN2O3S. The average molecular weight is 375 g/mol. The van der Waals surface area contributed by atoms with Crippen molar-refractivity contribution in [2.24, 2.45) is 0 Å². The molecule has 8 heteroatoms. The highest BCUT2D eigenvalue weighted by atomic mass is 79.9. The molecule has 0 heterocycles. The van der Waals surface area contributed by atoms with E-state index in [1.165, 1.54) is 19.2 Å². The van der Waals surface area contributed by atoms with Crippen molar-refractivity contribution in [1.82, 2.24) is 0 Å². The molecule has 0 unspecified atom stereocenters. The number of anilines is 2. The van der Waals surface area contributed by atoms with E-state index in [9.17, 15) is 12.8 Å². The van der Waals surface area contributed by atoms with Crippen molar-refractivity contribution in [3.05, 3.63) is 46.7 Å². The minimum atomic E-state index is -4.07. The maximum absolute atomic E-state index is 13.8. The quantitative estimate of drug-likeness (QED) is 0.806. The van der Waals surface area contributed by atoms with Gasteiger partial charge in [-0.05, 0) is 52.3 Å². The highest BCUT2D eigenvalue weighted by molar-refractivity contribution is 9.10. The fraction of sp³-hybridized carbons (Fsp3) is 0.0769. The maximum atomic E-state index is 13.8. The number of sulfonamides is 1. The summed E-state index contributed by atoms with van der Waals surface area (Å²) in [6.45, 7) is 0. The van der Waals surface area contributed by atoms with E-state index in [-0.39, 0.29) is 11.4 Å². The monoisotopic (exact) mass is 374 g/mol. The van der Waals surface area contributed by atoms with E-state index >= 15 is 0 Å². The zero-order chi connectivity index (χ0) is 15.6. The summed E-state index contributed by atoms with van der Waals surface area (Å²) in [5.41, 5.74) is 6.01. The molecule has 0 aromatic heterocycles. The predicted octanol–water partition coefficient (Wildman–Crippen LogP) is 2.98. The third kappa shape index (κ3) is 3.45. The van der Waals surface area contributed by atoms with Gasteiger partial charge in [0.1, 0.15) is 16.5 Å². The molecule has 2 aromatic rings. The molecule has 0 saturated heterocycles. The molecule has 0 atom stereocenters. The molecule has 2 aromatic carbocycles. The Morgan fingerprint density at radius 3 is 2.43 bits per heavy atom. The van der Waals surface area contributed by atoms with E-state index < -0.39 is 20.7 Å². The lowest BCUT2D eigenvalue weighted by Crippen LogP contribution is -2.15. The first-order valence-corrected chi connectivity index (χ1v) is 8.02. The fourth-order valence-corrected chi connectivity index (χ4v) is 3.09. The van der Waals surface area contributed by atoms with E-state index in [1.54, 1.807) is 12.1 Å². The van der Waals surface area contributed by atoms with E-state index in [0.29, 0.717) is 10.2 Å². The molecule has 0 aliphatic carbocycles. The van der Waals surface area contributed by atoms with E-state index in [0.717, 1.165) is 12.1 Å². The van der Waals surface area contributed by atoms with Crippen LogP contribution in [-0.2, 0) is 10.0 Å². The van der Waals surface area contributed by atoms with Crippen LogP contribution < -0.4 is 15.2 Å². The SMILES string of the molecule is COc1ccc(NS(=O)(=O)c2cc(N)c(Br)cc2F)cc1. The molecule has 112 valence electrons. The van der Waals surface area contributed by atoms with Crippen LogP contribution in [0.3, 0.4) is 0 Å². The van der Waals surface area contributed by atoms with Crippen molar-refractivity contribution in [2.45, 2.75) is 4.90 Å². The lowest BCUT2D eigenvalue weighted by atomic mass is 10.3.